The van der Waals surface area contributed by atoms with Crippen LogP contribution in [0.15, 0.2) is 22.0 Å². The predicted octanol–water partition coefficient (Wildman–Crippen LogP) is 0.438. The molecule has 0 aromatic carbocycles. The third-order valence-corrected chi connectivity index (χ3v) is 4.80. The van der Waals surface area contributed by atoms with Crippen LogP contribution in [0.5, 0.6) is 0 Å². The van der Waals surface area contributed by atoms with Crippen LogP contribution in [0.25, 0.3) is 0 Å². The number of nitrogens with zero attached hydrogens (tertiary/aromatic N) is 1. The second-order valence-corrected chi connectivity index (χ2v) is 6.40. The van der Waals surface area contributed by atoms with Gasteiger partial charge in [0, 0.05) is 19.3 Å². The molecule has 1 fully saturated rings. The number of hydrogen-bond acceptors (Lipinski definition) is 4. The molecular weight excluding hydrogens is 280 g/mol. The van der Waals surface area contributed by atoms with Crippen LogP contribution < -0.4 is 5.56 Å². The van der Waals surface area contributed by atoms with Crippen molar-refractivity contribution < 1.29 is 13.2 Å². The number of ether oxygens (including phenoxy) is 1. The molecule has 1 aromatic rings. The quantitative estimate of drug-likeness (QED) is 0.858. The van der Waals surface area contributed by atoms with Gasteiger partial charge in [-0.15, -0.1) is 0 Å². The van der Waals surface area contributed by atoms with E-state index in [0.717, 1.165) is 12.3 Å². The molecule has 2 heterocycles. The molecule has 18 heavy (non-hydrogen) atoms. The molecule has 0 spiro atoms. The van der Waals surface area contributed by atoms with Gasteiger partial charge >= 0.3 is 0 Å². The van der Waals surface area contributed by atoms with E-state index in [1.807, 2.05) is 6.92 Å². The van der Waals surface area contributed by atoms with Crippen molar-refractivity contribution in [1.29, 1.82) is 0 Å². The van der Waals surface area contributed by atoms with E-state index in [1.54, 1.807) is 0 Å². The Hall–Kier alpha value is -0.890. The lowest BCUT2D eigenvalue weighted by Crippen LogP contribution is -2.44. The predicted molar refractivity (Wildman–Crippen MR) is 66.2 cm³/mol. The summed E-state index contributed by atoms with van der Waals surface area (Å²) in [4.78, 5) is 13.4. The molecule has 8 heteroatoms. The fourth-order valence-corrected chi connectivity index (χ4v) is 3.47. The van der Waals surface area contributed by atoms with Crippen LogP contribution >= 0.6 is 11.6 Å². The van der Waals surface area contributed by atoms with E-state index in [9.17, 15) is 13.2 Å². The van der Waals surface area contributed by atoms with Crippen LogP contribution in [0.1, 0.15) is 6.92 Å². The largest absolute Gasteiger partial charge is 0.376 e. The number of hydrogen-bond donors (Lipinski definition) is 1. The average molecular weight is 293 g/mol. The Morgan fingerprint density at radius 2 is 2.28 bits per heavy atom. The lowest BCUT2D eigenvalue weighted by Gasteiger charge is -2.30. The van der Waals surface area contributed by atoms with Crippen LogP contribution in [-0.2, 0) is 14.8 Å². The van der Waals surface area contributed by atoms with Crippen molar-refractivity contribution in [3.63, 3.8) is 0 Å². The first-order valence-corrected chi connectivity index (χ1v) is 7.23. The normalized spacial score (nSPS) is 22.0. The standard InChI is InChI=1S/C10H13ClN2O4S/c1-7-6-13(2-3-17-7)18(15,16)8-4-9(11)10(14)12-5-8/h4-5,7H,2-3,6H2,1H3,(H,12,14). The zero-order valence-corrected chi connectivity index (χ0v) is 11.3. The van der Waals surface area contributed by atoms with Gasteiger partial charge in [0.25, 0.3) is 5.56 Å². The number of rotatable bonds is 2. The SMILES string of the molecule is CC1CN(S(=O)(=O)c2c[nH]c(=O)c(Cl)c2)CCO1. The third kappa shape index (κ3) is 2.59. The molecule has 0 radical (unpaired) electrons. The van der Waals surface area contributed by atoms with Gasteiger partial charge in [0.05, 0.1) is 17.6 Å². The summed E-state index contributed by atoms with van der Waals surface area (Å²) in [6.07, 6.45) is 1.01. The van der Waals surface area contributed by atoms with Crippen LogP contribution in [-0.4, -0.2) is 43.5 Å². The highest BCUT2D eigenvalue weighted by atomic mass is 35.5. The Labute approximate surface area is 110 Å². The van der Waals surface area contributed by atoms with Gasteiger partial charge in [-0.05, 0) is 13.0 Å². The van der Waals surface area contributed by atoms with Crippen molar-refractivity contribution >= 4 is 21.6 Å². The second-order valence-electron chi connectivity index (χ2n) is 4.06. The molecule has 1 unspecified atom stereocenters. The number of sulfonamides is 1. The maximum absolute atomic E-state index is 12.3. The van der Waals surface area contributed by atoms with Gasteiger partial charge in [-0.1, -0.05) is 11.6 Å². The van der Waals surface area contributed by atoms with Gasteiger partial charge in [0.1, 0.15) is 5.02 Å². The minimum absolute atomic E-state index is 0.0128. The van der Waals surface area contributed by atoms with Gasteiger partial charge in [-0.2, -0.15) is 4.31 Å². The van der Waals surface area contributed by atoms with E-state index >= 15 is 0 Å². The minimum Gasteiger partial charge on any atom is -0.376 e. The molecular formula is C10H13ClN2O4S. The van der Waals surface area contributed by atoms with Crippen LogP contribution in [0.2, 0.25) is 5.02 Å². The molecule has 1 saturated heterocycles. The van der Waals surface area contributed by atoms with Crippen LogP contribution in [0, 0.1) is 0 Å². The lowest BCUT2D eigenvalue weighted by atomic mass is 10.3. The van der Waals surface area contributed by atoms with Crippen molar-refractivity contribution in [3.8, 4) is 0 Å². The number of halogens is 1. The summed E-state index contributed by atoms with van der Waals surface area (Å²) in [6, 6.07) is 1.16. The molecule has 0 aliphatic carbocycles. The molecule has 1 aliphatic rings. The fraction of sp³-hybridized carbons (Fsp3) is 0.500. The highest BCUT2D eigenvalue weighted by Crippen LogP contribution is 2.19. The number of H-pyrrole nitrogens is 1. The first kappa shape index (κ1) is 13.5. The number of nitrogens with one attached hydrogen (secondary N) is 1. The summed E-state index contributed by atoms with van der Waals surface area (Å²) >= 11 is 5.64. The van der Waals surface area contributed by atoms with Crippen molar-refractivity contribution in [2.75, 3.05) is 19.7 Å². The van der Waals surface area contributed by atoms with Crippen LogP contribution in [0.3, 0.4) is 0 Å². The number of pyridine rings is 1. The van der Waals surface area contributed by atoms with Crippen molar-refractivity contribution in [1.82, 2.24) is 9.29 Å². The smallest absolute Gasteiger partial charge is 0.266 e. The Balaban J connectivity index is 2.35. The Kier molecular flexibility index (Phi) is 3.76. The average Bonchev–Trinajstić information content (AvgIpc) is 2.32. The molecule has 0 bridgehead atoms. The van der Waals surface area contributed by atoms with Crippen LogP contribution in [0.4, 0.5) is 0 Å². The molecule has 1 aliphatic heterocycles. The zero-order valence-electron chi connectivity index (χ0n) is 9.72. The molecule has 0 amide bonds. The lowest BCUT2D eigenvalue weighted by molar-refractivity contribution is 0.0102. The number of aromatic amines is 1. The maximum atomic E-state index is 12.3. The molecule has 1 N–H and O–H groups in total. The second kappa shape index (κ2) is 5.00. The topological polar surface area (TPSA) is 79.5 Å². The molecule has 1 aromatic heterocycles. The summed E-state index contributed by atoms with van der Waals surface area (Å²) in [5.74, 6) is 0. The van der Waals surface area contributed by atoms with Gasteiger partial charge in [0.15, 0.2) is 0 Å². The highest BCUT2D eigenvalue weighted by Gasteiger charge is 2.29. The third-order valence-electron chi connectivity index (χ3n) is 2.67. The zero-order chi connectivity index (χ0) is 13.3. The summed E-state index contributed by atoms with van der Waals surface area (Å²) < 4.78 is 31.2. The number of aromatic nitrogens is 1. The maximum Gasteiger partial charge on any atom is 0.266 e. The summed E-state index contributed by atoms with van der Waals surface area (Å²) in [5, 5.41) is -0.141. The van der Waals surface area contributed by atoms with Gasteiger partial charge in [-0.3, -0.25) is 4.79 Å². The minimum atomic E-state index is -3.64. The molecule has 1 atom stereocenters. The summed E-state index contributed by atoms with van der Waals surface area (Å²) in [7, 11) is -3.64. The van der Waals surface area contributed by atoms with Crippen molar-refractivity contribution in [2.24, 2.45) is 0 Å². The Morgan fingerprint density at radius 1 is 1.56 bits per heavy atom. The van der Waals surface area contributed by atoms with Gasteiger partial charge < -0.3 is 9.72 Å². The summed E-state index contributed by atoms with van der Waals surface area (Å²) in [5.41, 5.74) is -0.508. The van der Waals surface area contributed by atoms with Crippen molar-refractivity contribution in [3.05, 3.63) is 27.6 Å². The van der Waals surface area contributed by atoms with E-state index < -0.39 is 15.6 Å². The molecule has 6 nitrogen and oxygen atoms in total. The summed E-state index contributed by atoms with van der Waals surface area (Å²) in [6.45, 7) is 2.75. The van der Waals surface area contributed by atoms with E-state index in [1.165, 1.54) is 4.31 Å². The highest BCUT2D eigenvalue weighted by molar-refractivity contribution is 7.89. The van der Waals surface area contributed by atoms with E-state index in [-0.39, 0.29) is 16.0 Å². The first-order valence-electron chi connectivity index (χ1n) is 5.41. The Bertz CT molecular complexity index is 598. The van der Waals surface area contributed by atoms with Gasteiger partial charge in [0.2, 0.25) is 10.0 Å². The van der Waals surface area contributed by atoms with E-state index in [0.29, 0.717) is 19.7 Å². The van der Waals surface area contributed by atoms with E-state index in [4.69, 9.17) is 16.3 Å². The molecule has 100 valence electrons. The molecule has 0 saturated carbocycles. The molecule has 2 rings (SSSR count). The monoisotopic (exact) mass is 292 g/mol. The van der Waals surface area contributed by atoms with Gasteiger partial charge in [-0.25, -0.2) is 8.42 Å². The fourth-order valence-electron chi connectivity index (χ4n) is 1.74. The number of morpholine rings is 1. The van der Waals surface area contributed by atoms with Crippen molar-refractivity contribution in [2.45, 2.75) is 17.9 Å². The van der Waals surface area contributed by atoms with E-state index in [2.05, 4.69) is 4.98 Å². The Morgan fingerprint density at radius 3 is 2.89 bits per heavy atom. The first-order chi connectivity index (χ1) is 8.41.